The van der Waals surface area contributed by atoms with Crippen LogP contribution in [0.1, 0.15) is 10.7 Å². The van der Waals surface area contributed by atoms with Crippen LogP contribution in [-0.2, 0) is 0 Å². The van der Waals surface area contributed by atoms with Gasteiger partial charge in [-0.2, -0.15) is 14.5 Å². The Morgan fingerprint density at radius 1 is 1.10 bits per heavy atom. The smallest absolute Gasteiger partial charge is 0.210 e. The summed E-state index contributed by atoms with van der Waals surface area (Å²) in [7, 11) is 0. The first-order valence-electron chi connectivity index (χ1n) is 5.71. The number of rotatable bonds is 3. The molecule has 0 aliphatic rings. The lowest BCUT2D eigenvalue weighted by Crippen LogP contribution is -2.05. The zero-order valence-corrected chi connectivity index (χ0v) is 12.7. The average Bonchev–Trinajstić information content (AvgIpc) is 2.90. The van der Waals surface area contributed by atoms with Gasteiger partial charge in [0.2, 0.25) is 5.16 Å². The summed E-state index contributed by atoms with van der Waals surface area (Å²) >= 11 is 13.2. The number of alkyl halides is 2. The fourth-order valence-electron chi connectivity index (χ4n) is 1.74. The Hall–Kier alpha value is -1.37. The minimum absolute atomic E-state index is 0.319. The third kappa shape index (κ3) is 2.46. The molecule has 8 heteroatoms. The number of benzene rings is 1. The highest BCUT2D eigenvalue weighted by molar-refractivity contribution is 7.98. The number of hydrogen-bond acceptors (Lipinski definition) is 5. The van der Waals surface area contributed by atoms with Gasteiger partial charge in [-0.25, -0.2) is 4.98 Å². The molecule has 0 unspecified atom stereocenters. The van der Waals surface area contributed by atoms with Gasteiger partial charge in [0.1, 0.15) is 0 Å². The lowest BCUT2D eigenvalue weighted by molar-refractivity contribution is 0.842. The second-order valence-electron chi connectivity index (χ2n) is 3.88. The summed E-state index contributed by atoms with van der Waals surface area (Å²) in [5.74, 6) is 1.37. The summed E-state index contributed by atoms with van der Waals surface area (Å²) in [6, 6.07) is 9.65. The first kappa shape index (κ1) is 13.6. The predicted octanol–water partition coefficient (Wildman–Crippen LogP) is 3.38. The minimum atomic E-state index is -0.808. The van der Waals surface area contributed by atoms with Gasteiger partial charge in [-0.1, -0.05) is 65.3 Å². The second kappa shape index (κ2) is 5.55. The van der Waals surface area contributed by atoms with E-state index in [1.54, 1.807) is 4.52 Å². The zero-order valence-electron chi connectivity index (χ0n) is 10.4. The molecule has 0 fully saturated rings. The van der Waals surface area contributed by atoms with E-state index >= 15 is 0 Å². The van der Waals surface area contributed by atoms with E-state index in [0.29, 0.717) is 22.6 Å². The Kier molecular flexibility index (Phi) is 3.78. The van der Waals surface area contributed by atoms with Crippen molar-refractivity contribution in [3.05, 3.63) is 36.2 Å². The molecule has 3 aromatic rings. The van der Waals surface area contributed by atoms with Crippen LogP contribution >= 0.6 is 35.0 Å². The molecule has 3 rings (SSSR count). The second-order valence-corrected chi connectivity index (χ2v) is 5.75. The van der Waals surface area contributed by atoms with E-state index in [1.165, 1.54) is 11.8 Å². The Labute approximate surface area is 129 Å². The van der Waals surface area contributed by atoms with Gasteiger partial charge >= 0.3 is 0 Å². The molecule has 2 heterocycles. The molecule has 0 aliphatic heterocycles. The molecule has 0 spiro atoms. The zero-order chi connectivity index (χ0) is 14.1. The summed E-state index contributed by atoms with van der Waals surface area (Å²) in [4.78, 5) is 12.1. The Bertz CT molecular complexity index is 744. The van der Waals surface area contributed by atoms with Gasteiger partial charge in [-0.15, -0.1) is 5.10 Å². The number of hydrogen-bond donors (Lipinski definition) is 0. The van der Waals surface area contributed by atoms with Gasteiger partial charge in [-0.05, 0) is 6.26 Å². The molecule has 0 atom stereocenters. The van der Waals surface area contributed by atoms with E-state index in [4.69, 9.17) is 23.2 Å². The van der Waals surface area contributed by atoms with Crippen molar-refractivity contribution in [3.8, 4) is 11.4 Å². The molecular weight excluding hydrogens is 317 g/mol. The van der Waals surface area contributed by atoms with E-state index < -0.39 is 4.84 Å². The third-order valence-corrected chi connectivity index (χ3v) is 3.54. The summed E-state index contributed by atoms with van der Waals surface area (Å²) in [5, 5.41) is 4.99. The van der Waals surface area contributed by atoms with Gasteiger partial charge in [0.05, 0.1) is 0 Å². The topological polar surface area (TPSA) is 56.0 Å². The standard InChI is InChI=1S/C12H9Cl2N5S/c1-20-12-17-11-16-9(8(13)14)15-10(19(11)18-12)7-5-3-2-4-6-7/h2-6,8H,1H3. The van der Waals surface area contributed by atoms with Crippen LogP contribution < -0.4 is 0 Å². The van der Waals surface area contributed by atoms with Gasteiger partial charge in [0.15, 0.2) is 16.5 Å². The summed E-state index contributed by atoms with van der Waals surface area (Å²) < 4.78 is 1.60. The van der Waals surface area contributed by atoms with Gasteiger partial charge in [-0.3, -0.25) is 0 Å². The van der Waals surface area contributed by atoms with Crippen molar-refractivity contribution in [3.63, 3.8) is 0 Å². The molecule has 2 aromatic heterocycles. The van der Waals surface area contributed by atoms with E-state index in [9.17, 15) is 0 Å². The van der Waals surface area contributed by atoms with Crippen LogP contribution in [0.4, 0.5) is 0 Å². The molecule has 20 heavy (non-hydrogen) atoms. The van der Waals surface area contributed by atoms with Crippen molar-refractivity contribution in [1.29, 1.82) is 0 Å². The SMILES string of the molecule is CSc1nc2nc(C(Cl)Cl)nc(-c3ccccc3)n2n1. The van der Waals surface area contributed by atoms with Crippen LogP contribution in [0.25, 0.3) is 17.2 Å². The van der Waals surface area contributed by atoms with E-state index in [2.05, 4.69) is 20.1 Å². The molecule has 0 N–H and O–H groups in total. The van der Waals surface area contributed by atoms with Gasteiger partial charge < -0.3 is 0 Å². The fraction of sp³-hybridized carbons (Fsp3) is 0.167. The van der Waals surface area contributed by atoms with E-state index in [1.807, 2.05) is 36.6 Å². The Morgan fingerprint density at radius 3 is 2.50 bits per heavy atom. The van der Waals surface area contributed by atoms with Crippen molar-refractivity contribution in [2.45, 2.75) is 9.99 Å². The molecule has 1 aromatic carbocycles. The van der Waals surface area contributed by atoms with Crippen LogP contribution in [0.2, 0.25) is 0 Å². The largest absolute Gasteiger partial charge is 0.257 e. The molecule has 0 bridgehead atoms. The quantitative estimate of drug-likeness (QED) is 0.545. The molecule has 0 amide bonds. The van der Waals surface area contributed by atoms with Crippen LogP contribution in [0.5, 0.6) is 0 Å². The van der Waals surface area contributed by atoms with Crippen molar-refractivity contribution in [2.75, 3.05) is 6.26 Å². The number of thioether (sulfide) groups is 1. The minimum Gasteiger partial charge on any atom is -0.210 e. The maximum Gasteiger partial charge on any atom is 0.257 e. The molecule has 0 radical (unpaired) electrons. The van der Waals surface area contributed by atoms with Crippen molar-refractivity contribution in [2.24, 2.45) is 0 Å². The monoisotopic (exact) mass is 325 g/mol. The predicted molar refractivity (Wildman–Crippen MR) is 80.2 cm³/mol. The first-order valence-corrected chi connectivity index (χ1v) is 7.81. The first-order chi connectivity index (χ1) is 9.69. The normalized spacial score (nSPS) is 11.4. The molecule has 0 saturated heterocycles. The van der Waals surface area contributed by atoms with Gasteiger partial charge in [0, 0.05) is 5.56 Å². The van der Waals surface area contributed by atoms with Gasteiger partial charge in [0.25, 0.3) is 5.78 Å². The molecule has 5 nitrogen and oxygen atoms in total. The number of aromatic nitrogens is 5. The Morgan fingerprint density at radius 2 is 1.85 bits per heavy atom. The maximum atomic E-state index is 5.88. The number of halogens is 2. The molecule has 102 valence electrons. The third-order valence-electron chi connectivity index (χ3n) is 2.62. The summed E-state index contributed by atoms with van der Waals surface area (Å²) in [6.45, 7) is 0. The highest BCUT2D eigenvalue weighted by Crippen LogP contribution is 2.25. The van der Waals surface area contributed by atoms with Crippen molar-refractivity contribution in [1.82, 2.24) is 24.6 Å². The lowest BCUT2D eigenvalue weighted by atomic mass is 10.2. The lowest BCUT2D eigenvalue weighted by Gasteiger charge is -2.06. The van der Waals surface area contributed by atoms with Crippen LogP contribution in [0.15, 0.2) is 35.5 Å². The van der Waals surface area contributed by atoms with Crippen molar-refractivity contribution >= 4 is 40.7 Å². The molecule has 0 aliphatic carbocycles. The molecule has 0 saturated carbocycles. The van der Waals surface area contributed by atoms with Crippen LogP contribution in [0, 0.1) is 0 Å². The van der Waals surface area contributed by atoms with E-state index in [0.717, 1.165) is 5.56 Å². The molecular formula is C12H9Cl2N5S. The fourth-order valence-corrected chi connectivity index (χ4v) is 2.27. The maximum absolute atomic E-state index is 5.88. The average molecular weight is 326 g/mol. The Balaban J connectivity index is 2.30. The highest BCUT2D eigenvalue weighted by atomic mass is 35.5. The number of nitrogens with zero attached hydrogens (tertiary/aromatic N) is 5. The summed E-state index contributed by atoms with van der Waals surface area (Å²) in [5.41, 5.74) is 0.896. The van der Waals surface area contributed by atoms with E-state index in [-0.39, 0.29) is 0 Å². The number of fused-ring (bicyclic) bond motifs is 1. The summed E-state index contributed by atoms with van der Waals surface area (Å²) in [6.07, 6.45) is 1.90. The van der Waals surface area contributed by atoms with Crippen molar-refractivity contribution < 1.29 is 0 Å². The highest BCUT2D eigenvalue weighted by Gasteiger charge is 2.16. The van der Waals surface area contributed by atoms with Crippen LogP contribution in [-0.4, -0.2) is 30.8 Å². The van der Waals surface area contributed by atoms with Crippen LogP contribution in [0.3, 0.4) is 0 Å².